The number of hydrogen-bond donors (Lipinski definition) is 2. The molecule has 0 unspecified atom stereocenters. The molecule has 0 radical (unpaired) electrons. The van der Waals surface area contributed by atoms with Gasteiger partial charge in [-0.1, -0.05) is 23.2 Å². The molecule has 116 valence electrons. The van der Waals surface area contributed by atoms with Crippen molar-refractivity contribution >= 4 is 29.3 Å². The largest absolute Gasteiger partial charge is 0.490 e. The van der Waals surface area contributed by atoms with Crippen LogP contribution in [-0.4, -0.2) is 24.4 Å². The first-order chi connectivity index (χ1) is 10.5. The van der Waals surface area contributed by atoms with Gasteiger partial charge in [0, 0.05) is 11.1 Å². The fraction of sp³-hybridized carbons (Fsp3) is 0.133. The highest BCUT2D eigenvalue weighted by molar-refractivity contribution is 6.32. The van der Waals surface area contributed by atoms with Gasteiger partial charge in [-0.05, 0) is 36.4 Å². The number of benzene rings is 2. The van der Waals surface area contributed by atoms with Crippen molar-refractivity contribution in [2.24, 2.45) is 0 Å². The summed E-state index contributed by atoms with van der Waals surface area (Å²) in [5.41, 5.74) is 0. The Labute approximate surface area is 137 Å². The monoisotopic (exact) mass is 341 g/mol. The topological polar surface area (TPSA) is 67.8 Å². The summed E-state index contributed by atoms with van der Waals surface area (Å²) in [6.45, 7) is 0.359. The molecule has 0 saturated heterocycles. The van der Waals surface area contributed by atoms with Crippen LogP contribution in [0.2, 0.25) is 10.0 Å². The Morgan fingerprint density at radius 2 is 1.77 bits per heavy atom. The molecule has 0 aliphatic carbocycles. The second-order valence-corrected chi connectivity index (χ2v) is 5.07. The van der Waals surface area contributed by atoms with Gasteiger partial charge < -0.3 is 19.9 Å². The van der Waals surface area contributed by atoms with Gasteiger partial charge in [0.2, 0.25) is 0 Å². The van der Waals surface area contributed by atoms with Crippen LogP contribution >= 0.6 is 23.2 Å². The average molecular weight is 342 g/mol. The van der Waals surface area contributed by atoms with Crippen molar-refractivity contribution in [2.45, 2.75) is 0 Å². The Bertz CT molecular complexity index is 646. The van der Waals surface area contributed by atoms with E-state index in [2.05, 4.69) is 5.32 Å². The predicted molar refractivity (Wildman–Crippen MR) is 84.5 cm³/mol. The van der Waals surface area contributed by atoms with E-state index >= 15 is 0 Å². The summed E-state index contributed by atoms with van der Waals surface area (Å²) >= 11 is 11.9. The maximum Gasteiger partial charge on any atom is 0.404 e. The lowest BCUT2D eigenvalue weighted by atomic mass is 10.3. The Morgan fingerprint density at radius 1 is 1.09 bits per heavy atom. The molecule has 22 heavy (non-hydrogen) atoms. The summed E-state index contributed by atoms with van der Waals surface area (Å²) in [6.07, 6.45) is -1.10. The highest BCUT2D eigenvalue weighted by atomic mass is 35.5. The van der Waals surface area contributed by atoms with E-state index in [1.54, 1.807) is 42.5 Å². The van der Waals surface area contributed by atoms with E-state index in [9.17, 15) is 4.79 Å². The summed E-state index contributed by atoms with van der Waals surface area (Å²) in [4.78, 5) is 10.3. The molecule has 0 aliphatic rings. The molecule has 0 heterocycles. The number of amides is 1. The maximum absolute atomic E-state index is 10.3. The van der Waals surface area contributed by atoms with E-state index in [-0.39, 0.29) is 13.2 Å². The maximum atomic E-state index is 10.3. The number of carboxylic acid groups (broad SMARTS) is 1. The van der Waals surface area contributed by atoms with E-state index in [1.807, 2.05) is 0 Å². The van der Waals surface area contributed by atoms with Gasteiger partial charge in [0.1, 0.15) is 23.9 Å². The fourth-order valence-electron chi connectivity index (χ4n) is 1.62. The molecule has 0 aliphatic heterocycles. The normalized spacial score (nSPS) is 10.1. The van der Waals surface area contributed by atoms with Gasteiger partial charge >= 0.3 is 6.09 Å². The van der Waals surface area contributed by atoms with Crippen molar-refractivity contribution in [3.63, 3.8) is 0 Å². The van der Waals surface area contributed by atoms with E-state index in [1.165, 1.54) is 0 Å². The van der Waals surface area contributed by atoms with Gasteiger partial charge in [0.25, 0.3) is 0 Å². The van der Waals surface area contributed by atoms with Gasteiger partial charge in [0.05, 0.1) is 11.6 Å². The van der Waals surface area contributed by atoms with Gasteiger partial charge in [-0.2, -0.15) is 0 Å². The molecule has 2 rings (SSSR count). The van der Waals surface area contributed by atoms with Crippen LogP contribution in [0.15, 0.2) is 42.5 Å². The van der Waals surface area contributed by atoms with Gasteiger partial charge in [-0.25, -0.2) is 4.79 Å². The average Bonchev–Trinajstić information content (AvgIpc) is 2.47. The summed E-state index contributed by atoms with van der Waals surface area (Å²) in [6, 6.07) is 11.9. The van der Waals surface area contributed by atoms with Crippen LogP contribution < -0.4 is 14.8 Å². The van der Waals surface area contributed by atoms with Crippen molar-refractivity contribution in [2.75, 3.05) is 13.2 Å². The predicted octanol–water partition coefficient (Wildman–Crippen LogP) is 4.43. The van der Waals surface area contributed by atoms with Crippen LogP contribution in [0, 0.1) is 0 Å². The van der Waals surface area contributed by atoms with E-state index in [0.717, 1.165) is 0 Å². The molecule has 0 atom stereocenters. The van der Waals surface area contributed by atoms with E-state index < -0.39 is 6.09 Å². The van der Waals surface area contributed by atoms with Gasteiger partial charge in [-0.15, -0.1) is 0 Å². The van der Waals surface area contributed by atoms with Crippen LogP contribution in [0.25, 0.3) is 0 Å². The highest BCUT2D eigenvalue weighted by Crippen LogP contribution is 2.31. The molecule has 0 saturated carbocycles. The van der Waals surface area contributed by atoms with Crippen LogP contribution in [0.4, 0.5) is 4.79 Å². The van der Waals surface area contributed by atoms with Crippen LogP contribution in [0.1, 0.15) is 0 Å². The lowest BCUT2D eigenvalue weighted by Crippen LogP contribution is -2.26. The zero-order valence-electron chi connectivity index (χ0n) is 11.4. The molecule has 1 amide bonds. The summed E-state index contributed by atoms with van der Waals surface area (Å²) < 4.78 is 11.0. The molecular formula is C15H13Cl2NO4. The highest BCUT2D eigenvalue weighted by Gasteiger charge is 2.05. The number of ether oxygens (including phenoxy) is 2. The second-order valence-electron chi connectivity index (χ2n) is 4.23. The first kappa shape index (κ1) is 16.3. The number of hydrogen-bond acceptors (Lipinski definition) is 3. The van der Waals surface area contributed by atoms with Crippen LogP contribution in [-0.2, 0) is 0 Å². The third kappa shape index (κ3) is 5.02. The minimum Gasteiger partial charge on any atom is -0.490 e. The van der Waals surface area contributed by atoms with Crippen LogP contribution in [0.3, 0.4) is 0 Å². The van der Waals surface area contributed by atoms with Crippen molar-refractivity contribution in [3.05, 3.63) is 52.5 Å². The molecule has 0 spiro atoms. The minimum absolute atomic E-state index is 0.175. The Balaban J connectivity index is 1.94. The SMILES string of the molecule is O=C(O)NCCOc1ccc(Oc2ccc(Cl)cc2)cc1Cl. The molecule has 5 nitrogen and oxygen atoms in total. The number of carbonyl (C=O) groups is 1. The Hall–Kier alpha value is -2.11. The molecule has 2 aromatic carbocycles. The Morgan fingerprint density at radius 3 is 2.41 bits per heavy atom. The number of halogens is 2. The van der Waals surface area contributed by atoms with Crippen molar-refractivity contribution in [1.82, 2.24) is 5.32 Å². The van der Waals surface area contributed by atoms with Crippen LogP contribution in [0.5, 0.6) is 17.2 Å². The van der Waals surface area contributed by atoms with E-state index in [4.69, 9.17) is 37.8 Å². The third-order valence-corrected chi connectivity index (χ3v) is 3.14. The third-order valence-electron chi connectivity index (χ3n) is 2.59. The van der Waals surface area contributed by atoms with Gasteiger partial charge in [0.15, 0.2) is 0 Å². The molecule has 2 N–H and O–H groups in total. The van der Waals surface area contributed by atoms with Gasteiger partial charge in [-0.3, -0.25) is 0 Å². The molecule has 0 bridgehead atoms. The molecule has 7 heteroatoms. The Kier molecular flexibility index (Phi) is 5.75. The lowest BCUT2D eigenvalue weighted by molar-refractivity contribution is 0.191. The minimum atomic E-state index is -1.10. The molecular weight excluding hydrogens is 329 g/mol. The standard InChI is InChI=1S/C15H13Cl2NO4/c16-10-1-3-11(4-2-10)22-12-5-6-14(13(17)9-12)21-8-7-18-15(19)20/h1-6,9,18H,7-8H2,(H,19,20). The number of rotatable bonds is 6. The van der Waals surface area contributed by atoms with Crippen molar-refractivity contribution in [1.29, 1.82) is 0 Å². The molecule has 0 aromatic heterocycles. The quantitative estimate of drug-likeness (QED) is 0.762. The molecule has 0 fully saturated rings. The summed E-state index contributed by atoms with van der Waals surface area (Å²) in [5.74, 6) is 1.65. The first-order valence-electron chi connectivity index (χ1n) is 6.37. The number of nitrogens with one attached hydrogen (secondary N) is 1. The zero-order valence-corrected chi connectivity index (χ0v) is 12.9. The van der Waals surface area contributed by atoms with E-state index in [0.29, 0.717) is 27.3 Å². The fourth-order valence-corrected chi connectivity index (χ4v) is 1.97. The second kappa shape index (κ2) is 7.77. The summed E-state index contributed by atoms with van der Waals surface area (Å²) in [7, 11) is 0. The summed E-state index contributed by atoms with van der Waals surface area (Å²) in [5, 5.41) is 11.6. The smallest absolute Gasteiger partial charge is 0.404 e. The molecule has 2 aromatic rings. The van der Waals surface area contributed by atoms with Crippen molar-refractivity contribution in [3.8, 4) is 17.2 Å². The lowest BCUT2D eigenvalue weighted by Gasteiger charge is -2.10. The van der Waals surface area contributed by atoms with Crippen molar-refractivity contribution < 1.29 is 19.4 Å². The zero-order chi connectivity index (χ0) is 15.9. The first-order valence-corrected chi connectivity index (χ1v) is 7.13.